The molecular weight excluding hydrogens is 231 g/mol. The first-order valence-corrected chi connectivity index (χ1v) is 5.42. The minimum absolute atomic E-state index is 0.0749. The fourth-order valence-electron chi connectivity index (χ4n) is 1.83. The van der Waals surface area contributed by atoms with Crippen LogP contribution in [-0.2, 0) is 4.79 Å². The van der Waals surface area contributed by atoms with E-state index in [4.69, 9.17) is 11.6 Å². The number of amides is 1. The molecule has 1 saturated heterocycles. The largest absolute Gasteiger partial charge is 0.315 e. The van der Waals surface area contributed by atoms with Crippen LogP contribution in [0.25, 0.3) is 0 Å². The van der Waals surface area contributed by atoms with Gasteiger partial charge < -0.3 is 10.2 Å². The number of benzene rings is 1. The van der Waals surface area contributed by atoms with Gasteiger partial charge in [-0.15, -0.1) is 0 Å². The molecule has 16 heavy (non-hydrogen) atoms. The molecule has 0 saturated carbocycles. The van der Waals surface area contributed by atoms with E-state index in [0.717, 1.165) is 0 Å². The molecule has 1 heterocycles. The number of rotatable bonds is 2. The van der Waals surface area contributed by atoms with Gasteiger partial charge in [-0.2, -0.15) is 0 Å². The highest BCUT2D eigenvalue weighted by Crippen LogP contribution is 2.27. The summed E-state index contributed by atoms with van der Waals surface area (Å²) in [4.78, 5) is 13.1. The van der Waals surface area contributed by atoms with E-state index in [1.165, 1.54) is 23.1 Å². The summed E-state index contributed by atoms with van der Waals surface area (Å²) in [6, 6.07) is 4.30. The van der Waals surface area contributed by atoms with Crippen LogP contribution in [0, 0.1) is 5.82 Å². The molecule has 86 valence electrons. The predicted molar refractivity (Wildman–Crippen MR) is 61.2 cm³/mol. The second-order valence-corrected chi connectivity index (χ2v) is 4.23. The summed E-state index contributed by atoms with van der Waals surface area (Å²) in [6.45, 7) is 0.479. The van der Waals surface area contributed by atoms with Crippen LogP contribution in [0.4, 0.5) is 10.1 Å². The highest BCUT2D eigenvalue weighted by atomic mass is 35.5. The molecule has 0 radical (unpaired) electrons. The zero-order valence-corrected chi connectivity index (χ0v) is 9.59. The van der Waals surface area contributed by atoms with Gasteiger partial charge in [0.25, 0.3) is 0 Å². The average molecular weight is 243 g/mol. The molecule has 1 aliphatic heterocycles. The van der Waals surface area contributed by atoms with Gasteiger partial charge in [-0.05, 0) is 25.2 Å². The van der Waals surface area contributed by atoms with Crippen LogP contribution < -0.4 is 10.2 Å². The maximum absolute atomic E-state index is 13.6. The number of anilines is 1. The molecule has 1 unspecified atom stereocenters. The van der Waals surface area contributed by atoms with Crippen molar-refractivity contribution in [2.24, 2.45) is 0 Å². The van der Waals surface area contributed by atoms with Crippen LogP contribution in [-0.4, -0.2) is 25.5 Å². The fraction of sp³-hybridized carbons (Fsp3) is 0.364. The topological polar surface area (TPSA) is 32.3 Å². The van der Waals surface area contributed by atoms with E-state index in [0.29, 0.717) is 18.0 Å². The normalized spacial score (nSPS) is 20.6. The minimum Gasteiger partial charge on any atom is -0.315 e. The van der Waals surface area contributed by atoms with E-state index in [1.807, 2.05) is 0 Å². The first kappa shape index (κ1) is 11.4. The number of carbonyl (C=O) groups excluding carboxylic acids is 1. The summed E-state index contributed by atoms with van der Waals surface area (Å²) in [6.07, 6.45) is 0.391. The summed E-state index contributed by atoms with van der Waals surface area (Å²) >= 11 is 5.79. The first-order chi connectivity index (χ1) is 7.61. The number of hydrogen-bond donors (Lipinski definition) is 1. The van der Waals surface area contributed by atoms with Crippen molar-refractivity contribution in [2.75, 3.05) is 18.5 Å². The van der Waals surface area contributed by atoms with Gasteiger partial charge in [-0.1, -0.05) is 11.6 Å². The maximum atomic E-state index is 13.6. The van der Waals surface area contributed by atoms with Crippen LogP contribution in [0.2, 0.25) is 5.02 Å². The SMILES string of the molecule is CNC1CC(=O)N(c2cc(Cl)ccc2F)C1. The van der Waals surface area contributed by atoms with Crippen molar-refractivity contribution < 1.29 is 9.18 Å². The standard InChI is InChI=1S/C11H12ClFN2O/c1-14-8-5-11(16)15(6-8)10-4-7(12)2-3-9(10)13/h2-4,8,14H,5-6H2,1H3. The highest BCUT2D eigenvalue weighted by molar-refractivity contribution is 6.30. The van der Waals surface area contributed by atoms with Gasteiger partial charge >= 0.3 is 0 Å². The third-order valence-corrected chi connectivity index (χ3v) is 2.97. The van der Waals surface area contributed by atoms with Gasteiger partial charge in [-0.3, -0.25) is 4.79 Å². The molecule has 0 bridgehead atoms. The lowest BCUT2D eigenvalue weighted by atomic mass is 10.2. The van der Waals surface area contributed by atoms with Crippen molar-refractivity contribution in [3.05, 3.63) is 29.0 Å². The summed E-state index contributed by atoms with van der Waals surface area (Å²) in [7, 11) is 1.79. The van der Waals surface area contributed by atoms with Crippen molar-refractivity contribution in [2.45, 2.75) is 12.5 Å². The van der Waals surface area contributed by atoms with Crippen molar-refractivity contribution >= 4 is 23.2 Å². The lowest BCUT2D eigenvalue weighted by molar-refractivity contribution is -0.117. The second-order valence-electron chi connectivity index (χ2n) is 3.79. The van der Waals surface area contributed by atoms with Gasteiger partial charge in [0, 0.05) is 24.0 Å². The molecule has 3 nitrogen and oxygen atoms in total. The maximum Gasteiger partial charge on any atom is 0.228 e. The Hall–Kier alpha value is -1.13. The first-order valence-electron chi connectivity index (χ1n) is 5.04. The zero-order chi connectivity index (χ0) is 11.7. The zero-order valence-electron chi connectivity index (χ0n) is 8.84. The molecule has 1 fully saturated rings. The molecule has 1 aliphatic rings. The molecule has 1 aromatic carbocycles. The molecule has 1 N–H and O–H groups in total. The van der Waals surface area contributed by atoms with Crippen LogP contribution in [0.5, 0.6) is 0 Å². The van der Waals surface area contributed by atoms with Crippen LogP contribution >= 0.6 is 11.6 Å². The predicted octanol–water partition coefficient (Wildman–Crippen LogP) is 1.80. The molecule has 1 atom stereocenters. The Morgan fingerprint density at radius 2 is 2.31 bits per heavy atom. The van der Waals surface area contributed by atoms with Crippen LogP contribution in [0.15, 0.2) is 18.2 Å². The van der Waals surface area contributed by atoms with Crippen molar-refractivity contribution in [3.63, 3.8) is 0 Å². The Kier molecular flexibility index (Phi) is 3.12. The molecule has 0 aliphatic carbocycles. The van der Waals surface area contributed by atoms with Crippen molar-refractivity contribution in [1.29, 1.82) is 0 Å². The Balaban J connectivity index is 2.30. The van der Waals surface area contributed by atoms with E-state index in [1.54, 1.807) is 7.05 Å². The van der Waals surface area contributed by atoms with E-state index < -0.39 is 5.82 Å². The smallest absolute Gasteiger partial charge is 0.228 e. The Morgan fingerprint density at radius 3 is 2.94 bits per heavy atom. The Bertz CT molecular complexity index is 424. The van der Waals surface area contributed by atoms with Crippen LogP contribution in [0.3, 0.4) is 0 Å². The second kappa shape index (κ2) is 4.39. The summed E-state index contributed by atoms with van der Waals surface area (Å²) in [5, 5.41) is 3.44. The lowest BCUT2D eigenvalue weighted by Crippen LogP contribution is -2.30. The van der Waals surface area contributed by atoms with E-state index in [9.17, 15) is 9.18 Å². The number of hydrogen-bond acceptors (Lipinski definition) is 2. The fourth-order valence-corrected chi connectivity index (χ4v) is 1.99. The summed E-state index contributed by atoms with van der Waals surface area (Å²) in [5.74, 6) is -0.505. The molecule has 2 rings (SSSR count). The Morgan fingerprint density at radius 1 is 1.56 bits per heavy atom. The summed E-state index contributed by atoms with van der Waals surface area (Å²) in [5.41, 5.74) is 0.259. The third kappa shape index (κ3) is 2.03. The lowest BCUT2D eigenvalue weighted by Gasteiger charge is -2.17. The minimum atomic E-state index is -0.422. The van der Waals surface area contributed by atoms with Crippen LogP contribution in [0.1, 0.15) is 6.42 Å². The van der Waals surface area contributed by atoms with E-state index in [-0.39, 0.29) is 17.6 Å². The molecular formula is C11H12ClFN2O. The third-order valence-electron chi connectivity index (χ3n) is 2.73. The van der Waals surface area contributed by atoms with Gasteiger partial charge in [-0.25, -0.2) is 4.39 Å². The molecule has 1 amide bonds. The highest BCUT2D eigenvalue weighted by Gasteiger charge is 2.31. The molecule has 0 spiro atoms. The number of nitrogens with one attached hydrogen (secondary N) is 1. The Labute approximate surface area is 98.2 Å². The number of carbonyl (C=O) groups is 1. The average Bonchev–Trinajstić information content (AvgIpc) is 2.63. The monoisotopic (exact) mass is 242 g/mol. The van der Waals surface area contributed by atoms with Crippen molar-refractivity contribution in [3.8, 4) is 0 Å². The van der Waals surface area contributed by atoms with Gasteiger partial charge in [0.2, 0.25) is 5.91 Å². The molecule has 0 aromatic heterocycles. The van der Waals surface area contributed by atoms with Gasteiger partial charge in [0.1, 0.15) is 5.82 Å². The number of likely N-dealkylation sites (N-methyl/N-ethyl adjacent to an activating group) is 1. The van der Waals surface area contributed by atoms with Gasteiger partial charge in [0.15, 0.2) is 0 Å². The van der Waals surface area contributed by atoms with E-state index in [2.05, 4.69) is 5.32 Å². The summed E-state index contributed by atoms with van der Waals surface area (Å²) < 4.78 is 13.6. The van der Waals surface area contributed by atoms with Crippen molar-refractivity contribution in [1.82, 2.24) is 5.32 Å². The number of halogens is 2. The quantitative estimate of drug-likeness (QED) is 0.858. The molecule has 1 aromatic rings. The van der Waals surface area contributed by atoms with E-state index >= 15 is 0 Å². The van der Waals surface area contributed by atoms with Gasteiger partial charge in [0.05, 0.1) is 5.69 Å². The molecule has 5 heteroatoms. The number of nitrogens with zero attached hydrogens (tertiary/aromatic N) is 1.